The highest BCUT2D eigenvalue weighted by Gasteiger charge is 2.17. The fraction of sp³-hybridized carbons (Fsp3) is 0.190. The zero-order valence-corrected chi connectivity index (χ0v) is 15.2. The lowest BCUT2D eigenvalue weighted by Gasteiger charge is -2.18. The third-order valence-electron chi connectivity index (χ3n) is 3.90. The molecule has 1 heterocycles. The van der Waals surface area contributed by atoms with Gasteiger partial charge in [-0.15, -0.1) is 0 Å². The normalized spacial score (nSPS) is 13.4. The SMILES string of the molecule is C[C@H](OC(=O)/C=C/c1ccc2c(c1)OCCO2)C(=O)Nc1cccc(C#N)c1. The van der Waals surface area contributed by atoms with Gasteiger partial charge in [-0.05, 0) is 48.9 Å². The van der Waals surface area contributed by atoms with Crippen LogP contribution in [0.4, 0.5) is 5.69 Å². The van der Waals surface area contributed by atoms with Crippen LogP contribution in [-0.4, -0.2) is 31.2 Å². The van der Waals surface area contributed by atoms with Crippen LogP contribution in [0.25, 0.3) is 6.08 Å². The zero-order valence-electron chi connectivity index (χ0n) is 15.2. The van der Waals surface area contributed by atoms with Crippen LogP contribution in [-0.2, 0) is 14.3 Å². The van der Waals surface area contributed by atoms with Crippen LogP contribution < -0.4 is 14.8 Å². The molecule has 28 heavy (non-hydrogen) atoms. The summed E-state index contributed by atoms with van der Waals surface area (Å²) in [7, 11) is 0. The number of nitriles is 1. The average Bonchev–Trinajstić information content (AvgIpc) is 2.72. The van der Waals surface area contributed by atoms with Gasteiger partial charge in [0.1, 0.15) is 13.2 Å². The van der Waals surface area contributed by atoms with E-state index in [1.54, 1.807) is 42.5 Å². The molecule has 0 aromatic heterocycles. The standard InChI is InChI=1S/C21H18N2O5/c1-14(21(25)23-17-4-2-3-16(11-17)13-22)28-20(24)8-6-15-5-7-18-19(12-15)27-10-9-26-18/h2-8,11-12,14H,9-10H2,1H3,(H,23,25)/b8-6+/t14-/m0/s1. The van der Waals surface area contributed by atoms with Gasteiger partial charge in [-0.2, -0.15) is 5.26 Å². The van der Waals surface area contributed by atoms with E-state index in [-0.39, 0.29) is 0 Å². The van der Waals surface area contributed by atoms with Gasteiger partial charge in [0.25, 0.3) is 5.91 Å². The molecule has 2 aromatic carbocycles. The average molecular weight is 378 g/mol. The lowest BCUT2D eigenvalue weighted by Crippen LogP contribution is -2.29. The number of benzene rings is 2. The quantitative estimate of drug-likeness (QED) is 0.635. The van der Waals surface area contributed by atoms with Crippen molar-refractivity contribution >= 4 is 23.6 Å². The van der Waals surface area contributed by atoms with Crippen LogP contribution >= 0.6 is 0 Å². The summed E-state index contributed by atoms with van der Waals surface area (Å²) < 4.78 is 16.1. The van der Waals surface area contributed by atoms with Crippen molar-refractivity contribution in [3.8, 4) is 17.6 Å². The Hall–Kier alpha value is -3.79. The van der Waals surface area contributed by atoms with Crippen molar-refractivity contribution in [1.82, 2.24) is 0 Å². The number of carbonyl (C=O) groups is 2. The van der Waals surface area contributed by atoms with E-state index in [1.165, 1.54) is 19.1 Å². The Morgan fingerprint density at radius 2 is 1.96 bits per heavy atom. The number of nitrogens with zero attached hydrogens (tertiary/aromatic N) is 1. The van der Waals surface area contributed by atoms with Gasteiger partial charge in [-0.3, -0.25) is 4.79 Å². The predicted molar refractivity (Wildman–Crippen MR) is 102 cm³/mol. The lowest BCUT2D eigenvalue weighted by molar-refractivity contribution is -0.148. The second-order valence-electron chi connectivity index (χ2n) is 6.00. The summed E-state index contributed by atoms with van der Waals surface area (Å²) in [5.41, 5.74) is 1.62. The second-order valence-corrected chi connectivity index (χ2v) is 6.00. The zero-order chi connectivity index (χ0) is 19.9. The number of hydrogen-bond donors (Lipinski definition) is 1. The van der Waals surface area contributed by atoms with E-state index >= 15 is 0 Å². The summed E-state index contributed by atoms with van der Waals surface area (Å²) >= 11 is 0. The van der Waals surface area contributed by atoms with Gasteiger partial charge < -0.3 is 19.5 Å². The van der Waals surface area contributed by atoms with Crippen molar-refractivity contribution in [2.45, 2.75) is 13.0 Å². The van der Waals surface area contributed by atoms with Crippen LogP contribution in [0.3, 0.4) is 0 Å². The number of anilines is 1. The van der Waals surface area contributed by atoms with Crippen molar-refractivity contribution < 1.29 is 23.8 Å². The molecule has 142 valence electrons. The summed E-state index contributed by atoms with van der Waals surface area (Å²) in [6.45, 7) is 2.46. The summed E-state index contributed by atoms with van der Waals surface area (Å²) in [5.74, 6) is 0.144. The highest BCUT2D eigenvalue weighted by molar-refractivity contribution is 5.96. The molecule has 0 aliphatic carbocycles. The molecule has 0 unspecified atom stereocenters. The highest BCUT2D eigenvalue weighted by Crippen LogP contribution is 2.31. The molecule has 1 atom stereocenters. The number of fused-ring (bicyclic) bond motifs is 1. The molecule has 3 rings (SSSR count). The van der Waals surface area contributed by atoms with E-state index in [1.807, 2.05) is 6.07 Å². The summed E-state index contributed by atoms with van der Waals surface area (Å²) in [4.78, 5) is 24.1. The Kier molecular flexibility index (Phi) is 5.92. The number of amides is 1. The van der Waals surface area contributed by atoms with Gasteiger partial charge >= 0.3 is 5.97 Å². The minimum Gasteiger partial charge on any atom is -0.486 e. The first-order valence-corrected chi connectivity index (χ1v) is 8.64. The second kappa shape index (κ2) is 8.73. The molecule has 0 radical (unpaired) electrons. The van der Waals surface area contributed by atoms with Crippen LogP contribution in [0.2, 0.25) is 0 Å². The van der Waals surface area contributed by atoms with Crippen LogP contribution in [0.5, 0.6) is 11.5 Å². The largest absolute Gasteiger partial charge is 0.486 e. The van der Waals surface area contributed by atoms with Crippen LogP contribution in [0.1, 0.15) is 18.1 Å². The Morgan fingerprint density at radius 1 is 1.18 bits per heavy atom. The fourth-order valence-corrected chi connectivity index (χ4v) is 2.51. The smallest absolute Gasteiger partial charge is 0.331 e. The molecule has 1 N–H and O–H groups in total. The molecular weight excluding hydrogens is 360 g/mol. The monoisotopic (exact) mass is 378 g/mol. The maximum atomic E-state index is 12.2. The van der Waals surface area contributed by atoms with E-state index in [4.69, 9.17) is 19.5 Å². The molecule has 7 nitrogen and oxygen atoms in total. The lowest BCUT2D eigenvalue weighted by atomic mass is 10.2. The third kappa shape index (κ3) is 4.89. The Labute approximate surface area is 162 Å². The first kappa shape index (κ1) is 19.0. The van der Waals surface area contributed by atoms with Gasteiger partial charge in [-0.25, -0.2) is 4.79 Å². The first-order valence-electron chi connectivity index (χ1n) is 8.64. The van der Waals surface area contributed by atoms with Crippen molar-refractivity contribution in [1.29, 1.82) is 5.26 Å². The maximum absolute atomic E-state index is 12.2. The number of nitrogens with one attached hydrogen (secondary N) is 1. The van der Waals surface area contributed by atoms with Gasteiger partial charge in [0.2, 0.25) is 0 Å². The maximum Gasteiger partial charge on any atom is 0.331 e. The van der Waals surface area contributed by atoms with E-state index in [0.717, 1.165) is 5.56 Å². The highest BCUT2D eigenvalue weighted by atomic mass is 16.6. The van der Waals surface area contributed by atoms with Crippen molar-refractivity contribution in [3.05, 3.63) is 59.7 Å². The summed E-state index contributed by atoms with van der Waals surface area (Å²) in [5, 5.41) is 11.5. The van der Waals surface area contributed by atoms with Crippen LogP contribution in [0.15, 0.2) is 48.5 Å². The van der Waals surface area contributed by atoms with Gasteiger partial charge in [-0.1, -0.05) is 12.1 Å². The molecule has 2 aromatic rings. The number of hydrogen-bond acceptors (Lipinski definition) is 6. The minimum atomic E-state index is -0.997. The Bertz CT molecular complexity index is 962. The molecule has 1 amide bonds. The molecular formula is C21H18N2O5. The molecule has 1 aliphatic rings. The summed E-state index contributed by atoms with van der Waals surface area (Å²) in [6.07, 6.45) is 1.82. The number of ether oxygens (including phenoxy) is 3. The minimum absolute atomic E-state index is 0.421. The molecule has 0 fully saturated rings. The molecule has 7 heteroatoms. The first-order chi connectivity index (χ1) is 13.5. The molecule has 0 spiro atoms. The number of carbonyl (C=O) groups excluding carboxylic acids is 2. The molecule has 1 aliphatic heterocycles. The van der Waals surface area contributed by atoms with Gasteiger partial charge in [0.05, 0.1) is 11.6 Å². The van der Waals surface area contributed by atoms with Crippen molar-refractivity contribution in [3.63, 3.8) is 0 Å². The number of esters is 1. The van der Waals surface area contributed by atoms with E-state index < -0.39 is 18.0 Å². The van der Waals surface area contributed by atoms with E-state index in [9.17, 15) is 9.59 Å². The van der Waals surface area contributed by atoms with Crippen molar-refractivity contribution in [2.24, 2.45) is 0 Å². The van der Waals surface area contributed by atoms with Gasteiger partial charge in [0, 0.05) is 11.8 Å². The fourth-order valence-electron chi connectivity index (χ4n) is 2.51. The molecule has 0 saturated carbocycles. The van der Waals surface area contributed by atoms with Crippen LogP contribution in [0, 0.1) is 11.3 Å². The number of rotatable bonds is 5. The third-order valence-corrected chi connectivity index (χ3v) is 3.90. The molecule has 0 bridgehead atoms. The van der Waals surface area contributed by atoms with E-state index in [2.05, 4.69) is 5.32 Å². The Morgan fingerprint density at radius 3 is 2.75 bits per heavy atom. The predicted octanol–water partition coefficient (Wildman–Crippen LogP) is 2.91. The van der Waals surface area contributed by atoms with E-state index in [0.29, 0.717) is 36.0 Å². The summed E-state index contributed by atoms with van der Waals surface area (Å²) in [6, 6.07) is 13.8. The Balaban J connectivity index is 1.55. The van der Waals surface area contributed by atoms with Gasteiger partial charge in [0.15, 0.2) is 17.6 Å². The topological polar surface area (TPSA) is 97.7 Å². The van der Waals surface area contributed by atoms with Crippen molar-refractivity contribution in [2.75, 3.05) is 18.5 Å². The molecule has 0 saturated heterocycles.